The van der Waals surface area contributed by atoms with Gasteiger partial charge in [0.25, 0.3) is 0 Å². The van der Waals surface area contributed by atoms with Crippen molar-refractivity contribution in [2.75, 3.05) is 0 Å². The van der Waals surface area contributed by atoms with E-state index in [0.29, 0.717) is 11.3 Å². The Morgan fingerprint density at radius 2 is 2.44 bits per heavy atom. The third kappa shape index (κ3) is 0.918. The van der Waals surface area contributed by atoms with Crippen LogP contribution in [0, 0.1) is 11.3 Å². The van der Waals surface area contributed by atoms with Gasteiger partial charge in [-0.05, 0) is 6.92 Å². The zero-order chi connectivity index (χ0) is 6.85. The topological polar surface area (TPSA) is 52.9 Å². The number of nitrogens with zero attached hydrogens (tertiary/aromatic N) is 1. The fraction of sp³-hybridized carbons (Fsp3) is 0.333. The molecule has 1 heterocycles. The van der Waals surface area contributed by atoms with Crippen LogP contribution in [0.4, 0.5) is 0 Å². The molecule has 1 aliphatic heterocycles. The number of hydrogen-bond acceptors (Lipinski definition) is 2. The van der Waals surface area contributed by atoms with Crippen LogP contribution < -0.4 is 5.32 Å². The lowest BCUT2D eigenvalue weighted by Gasteiger charge is -1.88. The Hall–Kier alpha value is -1.30. The van der Waals surface area contributed by atoms with E-state index in [4.69, 9.17) is 5.26 Å². The van der Waals surface area contributed by atoms with E-state index in [-0.39, 0.29) is 12.3 Å². The Bertz CT molecular complexity index is 222. The molecule has 1 aliphatic rings. The Morgan fingerprint density at radius 3 is 2.67 bits per heavy atom. The number of hydrogen-bond donors (Lipinski definition) is 1. The van der Waals surface area contributed by atoms with Gasteiger partial charge in [-0.15, -0.1) is 0 Å². The number of carbonyl (C=O) groups excluding carboxylic acids is 1. The third-order valence-corrected chi connectivity index (χ3v) is 1.25. The molecule has 0 aromatic rings. The van der Waals surface area contributed by atoms with Crippen molar-refractivity contribution in [2.45, 2.75) is 13.3 Å². The third-order valence-electron chi connectivity index (χ3n) is 1.25. The van der Waals surface area contributed by atoms with Crippen LogP contribution >= 0.6 is 0 Å². The van der Waals surface area contributed by atoms with E-state index in [9.17, 15) is 4.79 Å². The van der Waals surface area contributed by atoms with Crippen molar-refractivity contribution in [3.63, 3.8) is 0 Å². The van der Waals surface area contributed by atoms with Gasteiger partial charge in [0, 0.05) is 5.70 Å². The second-order valence-electron chi connectivity index (χ2n) is 1.94. The van der Waals surface area contributed by atoms with E-state index >= 15 is 0 Å². The molecular formula is C6H6N2O. The lowest BCUT2D eigenvalue weighted by atomic mass is 10.2. The van der Waals surface area contributed by atoms with Crippen LogP contribution in [0.5, 0.6) is 0 Å². The van der Waals surface area contributed by atoms with Crippen LogP contribution in [-0.2, 0) is 4.79 Å². The molecule has 1 N–H and O–H groups in total. The fourth-order valence-corrected chi connectivity index (χ4v) is 0.745. The quantitative estimate of drug-likeness (QED) is 0.502. The first-order valence-corrected chi connectivity index (χ1v) is 2.63. The molecule has 0 fully saturated rings. The van der Waals surface area contributed by atoms with Crippen molar-refractivity contribution in [2.24, 2.45) is 0 Å². The molecule has 1 rings (SSSR count). The molecule has 0 radical (unpaired) electrons. The summed E-state index contributed by atoms with van der Waals surface area (Å²) in [5.74, 6) is -0.0796. The highest BCUT2D eigenvalue weighted by Gasteiger charge is 2.16. The summed E-state index contributed by atoms with van der Waals surface area (Å²) in [6.07, 6.45) is 0.252. The lowest BCUT2D eigenvalue weighted by molar-refractivity contribution is -0.118. The summed E-state index contributed by atoms with van der Waals surface area (Å²) in [5.41, 5.74) is 1.25. The van der Waals surface area contributed by atoms with Gasteiger partial charge in [-0.1, -0.05) is 0 Å². The first-order valence-electron chi connectivity index (χ1n) is 2.63. The highest BCUT2D eigenvalue weighted by molar-refractivity contribution is 5.85. The van der Waals surface area contributed by atoms with Gasteiger partial charge in [-0.2, -0.15) is 5.26 Å². The maximum atomic E-state index is 10.5. The van der Waals surface area contributed by atoms with Crippen LogP contribution in [-0.4, -0.2) is 5.91 Å². The molecular weight excluding hydrogens is 116 g/mol. The van der Waals surface area contributed by atoms with Gasteiger partial charge in [-0.3, -0.25) is 4.79 Å². The molecule has 0 saturated carbocycles. The van der Waals surface area contributed by atoms with E-state index in [1.54, 1.807) is 6.92 Å². The number of carbonyl (C=O) groups is 1. The summed E-state index contributed by atoms with van der Waals surface area (Å²) < 4.78 is 0. The van der Waals surface area contributed by atoms with Gasteiger partial charge in [0.05, 0.1) is 18.1 Å². The summed E-state index contributed by atoms with van der Waals surface area (Å²) in [5, 5.41) is 10.9. The smallest absolute Gasteiger partial charge is 0.229 e. The molecule has 0 aromatic heterocycles. The Balaban J connectivity index is 2.84. The standard InChI is InChI=1S/C6H6N2O/c1-4-5(3-7)2-6(9)8-4/h2H2,1H3,(H,8,9). The van der Waals surface area contributed by atoms with Crippen molar-refractivity contribution >= 4 is 5.91 Å². The predicted octanol–water partition coefficient (Wildman–Crippen LogP) is 0.304. The average molecular weight is 122 g/mol. The number of allylic oxidation sites excluding steroid dienone is 1. The minimum absolute atomic E-state index is 0.0796. The van der Waals surface area contributed by atoms with E-state index in [1.807, 2.05) is 6.07 Å². The fourth-order valence-electron chi connectivity index (χ4n) is 0.745. The second kappa shape index (κ2) is 1.90. The van der Waals surface area contributed by atoms with Crippen molar-refractivity contribution in [1.82, 2.24) is 5.32 Å². The highest BCUT2D eigenvalue weighted by atomic mass is 16.1. The van der Waals surface area contributed by atoms with Gasteiger partial charge in [0.2, 0.25) is 5.91 Å². The maximum absolute atomic E-state index is 10.5. The molecule has 3 heteroatoms. The van der Waals surface area contributed by atoms with Gasteiger partial charge < -0.3 is 5.32 Å². The minimum atomic E-state index is -0.0796. The summed E-state index contributed by atoms with van der Waals surface area (Å²) >= 11 is 0. The molecule has 0 aromatic carbocycles. The Labute approximate surface area is 53.0 Å². The van der Waals surface area contributed by atoms with E-state index < -0.39 is 0 Å². The first kappa shape index (κ1) is 5.83. The van der Waals surface area contributed by atoms with Crippen LogP contribution in [0.15, 0.2) is 11.3 Å². The Kier molecular flexibility index (Phi) is 1.23. The maximum Gasteiger partial charge on any atom is 0.229 e. The zero-order valence-corrected chi connectivity index (χ0v) is 5.06. The van der Waals surface area contributed by atoms with Crippen LogP contribution in [0.3, 0.4) is 0 Å². The first-order chi connectivity index (χ1) is 4.24. The molecule has 1 amide bonds. The molecule has 0 unspecified atom stereocenters. The largest absolute Gasteiger partial charge is 0.329 e. The summed E-state index contributed by atoms with van der Waals surface area (Å²) in [4.78, 5) is 10.5. The predicted molar refractivity (Wildman–Crippen MR) is 31.1 cm³/mol. The van der Waals surface area contributed by atoms with Gasteiger partial charge in [-0.25, -0.2) is 0 Å². The highest BCUT2D eigenvalue weighted by Crippen LogP contribution is 2.11. The van der Waals surface area contributed by atoms with E-state index in [2.05, 4.69) is 5.32 Å². The number of amides is 1. The number of nitriles is 1. The van der Waals surface area contributed by atoms with Gasteiger partial charge in [0.1, 0.15) is 0 Å². The molecule has 0 saturated heterocycles. The lowest BCUT2D eigenvalue weighted by Crippen LogP contribution is -2.12. The number of nitrogens with one attached hydrogen (secondary N) is 1. The summed E-state index contributed by atoms with van der Waals surface area (Å²) in [6, 6.07) is 1.94. The Morgan fingerprint density at radius 1 is 1.78 bits per heavy atom. The molecule has 0 aliphatic carbocycles. The second-order valence-corrected chi connectivity index (χ2v) is 1.94. The molecule has 0 bridgehead atoms. The van der Waals surface area contributed by atoms with Crippen LogP contribution in [0.2, 0.25) is 0 Å². The normalized spacial score (nSPS) is 17.6. The van der Waals surface area contributed by atoms with Crippen molar-refractivity contribution < 1.29 is 4.79 Å². The molecule has 0 atom stereocenters. The SMILES string of the molecule is CC1=C(C#N)CC(=O)N1. The monoisotopic (exact) mass is 122 g/mol. The molecule has 9 heavy (non-hydrogen) atoms. The van der Waals surface area contributed by atoms with E-state index in [0.717, 1.165) is 0 Å². The molecule has 46 valence electrons. The van der Waals surface area contributed by atoms with Crippen molar-refractivity contribution in [3.8, 4) is 6.07 Å². The van der Waals surface area contributed by atoms with Gasteiger partial charge >= 0.3 is 0 Å². The zero-order valence-electron chi connectivity index (χ0n) is 5.06. The van der Waals surface area contributed by atoms with Crippen molar-refractivity contribution in [3.05, 3.63) is 11.3 Å². The summed E-state index contributed by atoms with van der Waals surface area (Å²) in [7, 11) is 0. The number of rotatable bonds is 0. The van der Waals surface area contributed by atoms with Crippen LogP contribution in [0.25, 0.3) is 0 Å². The summed E-state index contributed by atoms with van der Waals surface area (Å²) in [6.45, 7) is 1.73. The minimum Gasteiger partial charge on any atom is -0.329 e. The van der Waals surface area contributed by atoms with E-state index in [1.165, 1.54) is 0 Å². The van der Waals surface area contributed by atoms with Crippen LogP contribution in [0.1, 0.15) is 13.3 Å². The molecule has 0 spiro atoms. The van der Waals surface area contributed by atoms with Crippen molar-refractivity contribution in [1.29, 1.82) is 5.26 Å². The average Bonchev–Trinajstić information content (AvgIpc) is 2.10. The molecule has 3 nitrogen and oxygen atoms in total. The van der Waals surface area contributed by atoms with Gasteiger partial charge in [0.15, 0.2) is 0 Å².